The maximum absolute atomic E-state index is 11.9. The number of carbonyl (C=O) groups excluding carboxylic acids is 2. The average molecular weight is 227 g/mol. The lowest BCUT2D eigenvalue weighted by atomic mass is 10.1. The third-order valence-electron chi connectivity index (χ3n) is 2.81. The van der Waals surface area contributed by atoms with Gasteiger partial charge in [0.25, 0.3) is 0 Å². The summed E-state index contributed by atoms with van der Waals surface area (Å²) >= 11 is 0. The molecule has 0 aliphatic carbocycles. The Kier molecular flexibility index (Phi) is 4.73. The Hall–Kier alpha value is -1.10. The first-order chi connectivity index (χ1) is 7.52. The summed E-state index contributed by atoms with van der Waals surface area (Å²) in [7, 11) is 0. The number of nitrogens with one attached hydrogen (secondary N) is 1. The molecule has 0 radical (unpaired) electrons. The molecule has 0 bridgehead atoms. The second-order valence-electron chi connectivity index (χ2n) is 4.40. The van der Waals surface area contributed by atoms with Crippen molar-refractivity contribution in [1.29, 1.82) is 0 Å². The average Bonchev–Trinajstić information content (AvgIpc) is 2.28. The SMILES string of the molecule is CC(NC(=O)[C@H](C)N)C(=O)N1CCCCC1. The molecule has 1 heterocycles. The summed E-state index contributed by atoms with van der Waals surface area (Å²) in [5.74, 6) is -0.286. The molecule has 5 nitrogen and oxygen atoms in total. The van der Waals surface area contributed by atoms with E-state index in [1.54, 1.807) is 13.8 Å². The van der Waals surface area contributed by atoms with Crippen LogP contribution in [-0.2, 0) is 9.59 Å². The van der Waals surface area contributed by atoms with Crippen molar-refractivity contribution in [1.82, 2.24) is 10.2 Å². The number of hydrogen-bond acceptors (Lipinski definition) is 3. The van der Waals surface area contributed by atoms with Crippen molar-refractivity contribution in [3.8, 4) is 0 Å². The van der Waals surface area contributed by atoms with Gasteiger partial charge < -0.3 is 16.0 Å². The number of piperidine rings is 1. The Morgan fingerprint density at radius 3 is 2.25 bits per heavy atom. The van der Waals surface area contributed by atoms with Gasteiger partial charge in [0.15, 0.2) is 0 Å². The minimum atomic E-state index is -0.573. The molecule has 1 aliphatic rings. The first kappa shape index (κ1) is 13.0. The Labute approximate surface area is 96.4 Å². The zero-order valence-electron chi connectivity index (χ0n) is 10.0. The van der Waals surface area contributed by atoms with E-state index >= 15 is 0 Å². The quantitative estimate of drug-likeness (QED) is 0.704. The molecule has 1 fully saturated rings. The van der Waals surface area contributed by atoms with Crippen LogP contribution in [0.4, 0.5) is 0 Å². The topological polar surface area (TPSA) is 75.4 Å². The van der Waals surface area contributed by atoms with Gasteiger partial charge in [-0.05, 0) is 33.1 Å². The summed E-state index contributed by atoms with van der Waals surface area (Å²) < 4.78 is 0. The van der Waals surface area contributed by atoms with E-state index in [1.165, 1.54) is 6.42 Å². The van der Waals surface area contributed by atoms with Crippen LogP contribution in [0.3, 0.4) is 0 Å². The number of nitrogens with two attached hydrogens (primary N) is 1. The molecule has 3 N–H and O–H groups in total. The standard InChI is InChI=1S/C11H21N3O2/c1-8(12)10(15)13-9(2)11(16)14-6-4-3-5-7-14/h8-9H,3-7,12H2,1-2H3,(H,13,15)/t8-,9?/m0/s1. The predicted octanol–water partition coefficient (Wildman–Crippen LogP) is -0.149. The van der Waals surface area contributed by atoms with Gasteiger partial charge in [-0.2, -0.15) is 0 Å². The molecule has 16 heavy (non-hydrogen) atoms. The third-order valence-corrected chi connectivity index (χ3v) is 2.81. The van der Waals surface area contributed by atoms with Crippen LogP contribution < -0.4 is 11.1 Å². The van der Waals surface area contributed by atoms with E-state index in [-0.39, 0.29) is 11.8 Å². The molecule has 0 saturated carbocycles. The van der Waals surface area contributed by atoms with E-state index < -0.39 is 12.1 Å². The predicted molar refractivity (Wildman–Crippen MR) is 61.7 cm³/mol. The summed E-state index contributed by atoms with van der Waals surface area (Å²) in [5, 5.41) is 2.62. The van der Waals surface area contributed by atoms with Crippen LogP contribution in [0.1, 0.15) is 33.1 Å². The van der Waals surface area contributed by atoms with Gasteiger partial charge in [0, 0.05) is 13.1 Å². The van der Waals surface area contributed by atoms with Crippen LogP contribution in [0, 0.1) is 0 Å². The molecule has 0 aromatic rings. The molecule has 1 saturated heterocycles. The van der Waals surface area contributed by atoms with Crippen molar-refractivity contribution < 1.29 is 9.59 Å². The summed E-state index contributed by atoms with van der Waals surface area (Å²) in [6.07, 6.45) is 3.30. The zero-order valence-corrected chi connectivity index (χ0v) is 10.0. The lowest BCUT2D eigenvalue weighted by Gasteiger charge is -2.29. The van der Waals surface area contributed by atoms with E-state index in [0.29, 0.717) is 0 Å². The normalized spacial score (nSPS) is 20.1. The summed E-state index contributed by atoms with van der Waals surface area (Å²) in [5.41, 5.74) is 5.43. The maximum atomic E-state index is 11.9. The number of rotatable bonds is 3. The number of hydrogen-bond donors (Lipinski definition) is 2. The van der Waals surface area contributed by atoms with E-state index in [1.807, 2.05) is 4.90 Å². The van der Waals surface area contributed by atoms with Crippen LogP contribution >= 0.6 is 0 Å². The highest BCUT2D eigenvalue weighted by molar-refractivity contribution is 5.89. The van der Waals surface area contributed by atoms with Crippen molar-refractivity contribution in [3.05, 3.63) is 0 Å². The van der Waals surface area contributed by atoms with Gasteiger partial charge in [-0.15, -0.1) is 0 Å². The van der Waals surface area contributed by atoms with Crippen LogP contribution in [0.5, 0.6) is 0 Å². The largest absolute Gasteiger partial charge is 0.343 e. The maximum Gasteiger partial charge on any atom is 0.244 e. The molecule has 5 heteroatoms. The summed E-state index contributed by atoms with van der Waals surface area (Å²) in [4.78, 5) is 25.1. The number of nitrogens with zero attached hydrogens (tertiary/aromatic N) is 1. The molecule has 1 aliphatic heterocycles. The van der Waals surface area contributed by atoms with Gasteiger partial charge in [0.05, 0.1) is 6.04 Å². The third kappa shape index (κ3) is 3.48. The van der Waals surface area contributed by atoms with Gasteiger partial charge in [0.1, 0.15) is 6.04 Å². The number of amides is 2. The molecule has 0 aromatic heterocycles. The molecule has 1 rings (SSSR count). The number of carbonyl (C=O) groups is 2. The Balaban J connectivity index is 2.43. The van der Waals surface area contributed by atoms with E-state index in [2.05, 4.69) is 5.32 Å². The molecule has 2 atom stereocenters. The first-order valence-corrected chi connectivity index (χ1v) is 5.87. The lowest BCUT2D eigenvalue weighted by Crippen LogP contribution is -2.51. The fraction of sp³-hybridized carbons (Fsp3) is 0.818. The van der Waals surface area contributed by atoms with E-state index in [4.69, 9.17) is 5.73 Å². The summed E-state index contributed by atoms with van der Waals surface area (Å²) in [6.45, 7) is 4.92. The Morgan fingerprint density at radius 1 is 1.19 bits per heavy atom. The number of likely N-dealkylation sites (tertiary alicyclic amines) is 1. The fourth-order valence-electron chi connectivity index (χ4n) is 1.79. The second-order valence-corrected chi connectivity index (χ2v) is 4.40. The van der Waals surface area contributed by atoms with E-state index in [0.717, 1.165) is 25.9 Å². The molecule has 0 spiro atoms. The smallest absolute Gasteiger partial charge is 0.244 e. The molecule has 1 unspecified atom stereocenters. The van der Waals surface area contributed by atoms with Crippen molar-refractivity contribution >= 4 is 11.8 Å². The van der Waals surface area contributed by atoms with Gasteiger partial charge in [-0.3, -0.25) is 9.59 Å². The van der Waals surface area contributed by atoms with Crippen LogP contribution in [-0.4, -0.2) is 41.9 Å². The monoisotopic (exact) mass is 227 g/mol. The minimum Gasteiger partial charge on any atom is -0.343 e. The first-order valence-electron chi connectivity index (χ1n) is 5.87. The second kappa shape index (κ2) is 5.84. The van der Waals surface area contributed by atoms with Crippen molar-refractivity contribution in [2.24, 2.45) is 5.73 Å². The highest BCUT2D eigenvalue weighted by Gasteiger charge is 2.23. The Bertz CT molecular complexity index is 260. The summed E-state index contributed by atoms with van der Waals surface area (Å²) in [6, 6.07) is -1.05. The van der Waals surface area contributed by atoms with Gasteiger partial charge in [-0.25, -0.2) is 0 Å². The van der Waals surface area contributed by atoms with Gasteiger partial charge in [0.2, 0.25) is 11.8 Å². The minimum absolute atomic E-state index is 0.00583. The Morgan fingerprint density at radius 2 is 1.75 bits per heavy atom. The van der Waals surface area contributed by atoms with E-state index in [9.17, 15) is 9.59 Å². The van der Waals surface area contributed by atoms with Crippen molar-refractivity contribution in [2.45, 2.75) is 45.2 Å². The van der Waals surface area contributed by atoms with Crippen LogP contribution in [0.2, 0.25) is 0 Å². The van der Waals surface area contributed by atoms with Crippen molar-refractivity contribution in [3.63, 3.8) is 0 Å². The molecule has 2 amide bonds. The van der Waals surface area contributed by atoms with Crippen LogP contribution in [0.15, 0.2) is 0 Å². The van der Waals surface area contributed by atoms with Crippen LogP contribution in [0.25, 0.3) is 0 Å². The van der Waals surface area contributed by atoms with Gasteiger partial charge in [-0.1, -0.05) is 0 Å². The van der Waals surface area contributed by atoms with Gasteiger partial charge >= 0.3 is 0 Å². The highest BCUT2D eigenvalue weighted by atomic mass is 16.2. The zero-order chi connectivity index (χ0) is 12.1. The lowest BCUT2D eigenvalue weighted by molar-refractivity contribution is -0.136. The van der Waals surface area contributed by atoms with Crippen molar-refractivity contribution in [2.75, 3.05) is 13.1 Å². The molecular weight excluding hydrogens is 206 g/mol. The fourth-order valence-corrected chi connectivity index (χ4v) is 1.79. The molecular formula is C11H21N3O2. The highest BCUT2D eigenvalue weighted by Crippen LogP contribution is 2.09. The molecule has 0 aromatic carbocycles. The molecule has 92 valence electrons.